The largest absolute Gasteiger partial charge is 0.374 e. The van der Waals surface area contributed by atoms with Gasteiger partial charge in [-0.05, 0) is 30.9 Å². The molecule has 1 spiro atoms. The average Bonchev–Trinajstić information content (AvgIpc) is 2.72. The van der Waals surface area contributed by atoms with Crippen molar-refractivity contribution in [1.29, 1.82) is 0 Å². The van der Waals surface area contributed by atoms with E-state index >= 15 is 0 Å². The van der Waals surface area contributed by atoms with Gasteiger partial charge in [0.15, 0.2) is 9.84 Å². The van der Waals surface area contributed by atoms with Gasteiger partial charge in [0.2, 0.25) is 0 Å². The van der Waals surface area contributed by atoms with E-state index in [9.17, 15) is 8.42 Å². The van der Waals surface area contributed by atoms with E-state index in [0.717, 1.165) is 37.4 Å². The average molecular weight is 291 g/mol. The Morgan fingerprint density at radius 1 is 1.39 bits per heavy atom. The molecule has 4 nitrogen and oxygen atoms in total. The van der Waals surface area contributed by atoms with Gasteiger partial charge in [0.25, 0.3) is 0 Å². The van der Waals surface area contributed by atoms with Gasteiger partial charge in [-0.3, -0.25) is 0 Å². The van der Waals surface area contributed by atoms with Crippen LogP contribution in [0, 0.1) is 5.92 Å². The van der Waals surface area contributed by atoms with E-state index in [1.807, 2.05) is 11.8 Å². The molecule has 1 N–H and O–H groups in total. The van der Waals surface area contributed by atoms with E-state index in [0.29, 0.717) is 24.7 Å². The summed E-state index contributed by atoms with van der Waals surface area (Å²) in [6.45, 7) is 2.35. The molecule has 0 aromatic heterocycles. The zero-order chi connectivity index (χ0) is 12.6. The van der Waals surface area contributed by atoms with Crippen LogP contribution in [0.2, 0.25) is 0 Å². The topological polar surface area (TPSA) is 55.4 Å². The van der Waals surface area contributed by atoms with Crippen LogP contribution in [0.3, 0.4) is 0 Å². The third kappa shape index (κ3) is 2.57. The highest BCUT2D eigenvalue weighted by Crippen LogP contribution is 2.40. The molecule has 0 aliphatic carbocycles. The van der Waals surface area contributed by atoms with Crippen LogP contribution in [0.1, 0.15) is 19.3 Å². The molecular weight excluding hydrogens is 270 g/mol. The molecule has 3 saturated heterocycles. The number of rotatable bonds is 3. The van der Waals surface area contributed by atoms with Crippen LogP contribution < -0.4 is 5.32 Å². The van der Waals surface area contributed by atoms with Crippen LogP contribution in [0.4, 0.5) is 0 Å². The first kappa shape index (κ1) is 13.2. The van der Waals surface area contributed by atoms with Crippen LogP contribution in [0.25, 0.3) is 0 Å². The van der Waals surface area contributed by atoms with E-state index in [4.69, 9.17) is 4.74 Å². The zero-order valence-electron chi connectivity index (χ0n) is 10.6. The summed E-state index contributed by atoms with van der Waals surface area (Å²) in [5.74, 6) is 2.80. The Kier molecular flexibility index (Phi) is 3.64. The maximum Gasteiger partial charge on any atom is 0.153 e. The summed E-state index contributed by atoms with van der Waals surface area (Å²) in [5, 5.41) is 2.98. The third-order valence-electron chi connectivity index (χ3n) is 4.36. The highest BCUT2D eigenvalue weighted by molar-refractivity contribution is 7.99. The maximum absolute atomic E-state index is 12.4. The minimum absolute atomic E-state index is 0.126. The summed E-state index contributed by atoms with van der Waals surface area (Å²) in [6, 6.07) is 0. The number of thioether (sulfide) groups is 1. The molecule has 3 aliphatic rings. The first-order valence-corrected chi connectivity index (χ1v) is 9.61. The van der Waals surface area contributed by atoms with Crippen molar-refractivity contribution in [2.24, 2.45) is 5.92 Å². The summed E-state index contributed by atoms with van der Waals surface area (Å²) < 4.78 is 30.8. The normalized spacial score (nSPS) is 37.9. The minimum Gasteiger partial charge on any atom is -0.374 e. The van der Waals surface area contributed by atoms with Gasteiger partial charge in [0.05, 0.1) is 16.6 Å². The summed E-state index contributed by atoms with van der Waals surface area (Å²) in [6.07, 6.45) is 2.44. The van der Waals surface area contributed by atoms with Crippen molar-refractivity contribution in [3.8, 4) is 0 Å². The molecule has 3 fully saturated rings. The van der Waals surface area contributed by atoms with Gasteiger partial charge in [-0.2, -0.15) is 11.8 Å². The van der Waals surface area contributed by atoms with Gasteiger partial charge >= 0.3 is 0 Å². The molecule has 3 heterocycles. The summed E-state index contributed by atoms with van der Waals surface area (Å²) in [5.41, 5.74) is -0.126. The fourth-order valence-electron chi connectivity index (χ4n) is 3.08. The minimum atomic E-state index is -2.94. The molecule has 0 aromatic carbocycles. The monoisotopic (exact) mass is 291 g/mol. The molecule has 0 radical (unpaired) electrons. The predicted molar refractivity (Wildman–Crippen MR) is 73.8 cm³/mol. The van der Waals surface area contributed by atoms with E-state index in [1.165, 1.54) is 0 Å². The van der Waals surface area contributed by atoms with Crippen molar-refractivity contribution in [3.05, 3.63) is 0 Å². The Hall–Kier alpha value is 0.220. The number of ether oxygens (including phenoxy) is 1. The zero-order valence-corrected chi connectivity index (χ0v) is 12.2. The van der Waals surface area contributed by atoms with Gasteiger partial charge < -0.3 is 10.1 Å². The highest BCUT2D eigenvalue weighted by Gasteiger charge is 2.44. The molecule has 6 heteroatoms. The van der Waals surface area contributed by atoms with Crippen LogP contribution in [0.5, 0.6) is 0 Å². The lowest BCUT2D eigenvalue weighted by molar-refractivity contribution is -0.0572. The Morgan fingerprint density at radius 3 is 2.83 bits per heavy atom. The molecule has 104 valence electrons. The van der Waals surface area contributed by atoms with Crippen LogP contribution >= 0.6 is 11.8 Å². The predicted octanol–water partition coefficient (Wildman–Crippen LogP) is 0.675. The number of nitrogens with one attached hydrogen (secondary N) is 1. The van der Waals surface area contributed by atoms with Crippen LogP contribution in [0.15, 0.2) is 0 Å². The Morgan fingerprint density at radius 2 is 2.22 bits per heavy atom. The summed E-state index contributed by atoms with van der Waals surface area (Å²) in [7, 11) is -2.94. The second kappa shape index (κ2) is 4.96. The van der Waals surface area contributed by atoms with E-state index in [-0.39, 0.29) is 10.9 Å². The van der Waals surface area contributed by atoms with Gasteiger partial charge in [-0.15, -0.1) is 0 Å². The molecule has 0 amide bonds. The standard InChI is InChI=1S/C12H21NO3S2/c14-18(15,8-10-6-13-7-10)11-1-3-16-12(5-11)2-4-17-9-12/h10-11,13H,1-9H2. The molecule has 3 aliphatic heterocycles. The molecular formula is C12H21NO3S2. The Balaban J connectivity index is 1.67. The summed E-state index contributed by atoms with van der Waals surface area (Å²) >= 11 is 1.89. The van der Waals surface area contributed by atoms with Crippen molar-refractivity contribution >= 4 is 21.6 Å². The van der Waals surface area contributed by atoms with Crippen molar-refractivity contribution in [2.75, 3.05) is 37.0 Å². The highest BCUT2D eigenvalue weighted by atomic mass is 32.2. The Labute approximate surface area is 113 Å². The smallest absolute Gasteiger partial charge is 0.153 e. The third-order valence-corrected chi connectivity index (χ3v) is 7.93. The fraction of sp³-hybridized carbons (Fsp3) is 1.00. The molecule has 3 rings (SSSR count). The second-order valence-electron chi connectivity index (χ2n) is 5.80. The first-order valence-electron chi connectivity index (χ1n) is 6.74. The number of hydrogen-bond acceptors (Lipinski definition) is 5. The molecule has 18 heavy (non-hydrogen) atoms. The second-order valence-corrected chi connectivity index (χ2v) is 9.23. The number of hydrogen-bond donors (Lipinski definition) is 1. The van der Waals surface area contributed by atoms with E-state index < -0.39 is 9.84 Å². The van der Waals surface area contributed by atoms with E-state index in [2.05, 4.69) is 5.32 Å². The van der Waals surface area contributed by atoms with Gasteiger partial charge in [0.1, 0.15) is 0 Å². The van der Waals surface area contributed by atoms with Gasteiger partial charge in [0, 0.05) is 25.4 Å². The molecule has 2 unspecified atom stereocenters. The van der Waals surface area contributed by atoms with Gasteiger partial charge in [-0.1, -0.05) is 0 Å². The first-order chi connectivity index (χ1) is 8.60. The van der Waals surface area contributed by atoms with Crippen molar-refractivity contribution < 1.29 is 13.2 Å². The van der Waals surface area contributed by atoms with Crippen LogP contribution in [-0.2, 0) is 14.6 Å². The fourth-order valence-corrected chi connectivity index (χ4v) is 6.64. The molecule has 2 atom stereocenters. The lowest BCUT2D eigenvalue weighted by Gasteiger charge is -2.38. The molecule has 0 aromatic rings. The lowest BCUT2D eigenvalue weighted by atomic mass is 9.93. The van der Waals surface area contributed by atoms with Crippen molar-refractivity contribution in [1.82, 2.24) is 5.32 Å². The van der Waals surface area contributed by atoms with Crippen molar-refractivity contribution in [2.45, 2.75) is 30.1 Å². The number of sulfone groups is 1. The lowest BCUT2D eigenvalue weighted by Crippen LogP contribution is -2.49. The van der Waals surface area contributed by atoms with Gasteiger partial charge in [-0.25, -0.2) is 8.42 Å². The van der Waals surface area contributed by atoms with Crippen LogP contribution in [-0.4, -0.2) is 56.2 Å². The molecule has 0 saturated carbocycles. The van der Waals surface area contributed by atoms with E-state index in [1.54, 1.807) is 0 Å². The van der Waals surface area contributed by atoms with Crippen molar-refractivity contribution in [3.63, 3.8) is 0 Å². The molecule has 0 bridgehead atoms. The Bertz CT molecular complexity index is 400. The quantitative estimate of drug-likeness (QED) is 0.828. The maximum atomic E-state index is 12.4. The summed E-state index contributed by atoms with van der Waals surface area (Å²) in [4.78, 5) is 0. The SMILES string of the molecule is O=S(=O)(CC1CNC1)C1CCOC2(CCSC2)C1.